The van der Waals surface area contributed by atoms with Crippen molar-refractivity contribution in [3.05, 3.63) is 97.2 Å². The van der Waals surface area contributed by atoms with E-state index in [9.17, 15) is 15.0 Å². The number of aliphatic hydroxyl groups excluding tert-OH is 2. The van der Waals surface area contributed by atoms with Gasteiger partial charge in [-0.05, 0) is 77.0 Å². The molecule has 398 valence electrons. The first-order valence-corrected chi connectivity index (χ1v) is 29.9. The molecule has 0 aromatic carbocycles. The molecule has 0 fully saturated rings. The van der Waals surface area contributed by atoms with Crippen LogP contribution in [0.4, 0.5) is 0 Å². The molecule has 0 rings (SSSR count). The summed E-state index contributed by atoms with van der Waals surface area (Å²) >= 11 is 0. The van der Waals surface area contributed by atoms with Gasteiger partial charge in [0.2, 0.25) is 5.91 Å². The van der Waals surface area contributed by atoms with Crippen molar-refractivity contribution >= 4 is 5.91 Å². The second-order valence-corrected chi connectivity index (χ2v) is 20.0. The minimum absolute atomic E-state index is 0.0466. The predicted molar refractivity (Wildman–Crippen MR) is 308 cm³/mol. The van der Waals surface area contributed by atoms with Gasteiger partial charge in [0, 0.05) is 6.42 Å². The van der Waals surface area contributed by atoms with Gasteiger partial charge in [-0.25, -0.2) is 0 Å². The van der Waals surface area contributed by atoms with Gasteiger partial charge < -0.3 is 15.5 Å². The van der Waals surface area contributed by atoms with Crippen molar-refractivity contribution in [1.82, 2.24) is 5.32 Å². The fourth-order valence-corrected chi connectivity index (χ4v) is 8.85. The van der Waals surface area contributed by atoms with E-state index in [-0.39, 0.29) is 12.5 Å². The number of amides is 1. The average Bonchev–Trinajstić information content (AvgIpc) is 3.35. The van der Waals surface area contributed by atoms with Crippen LogP contribution >= 0.6 is 0 Å². The summed E-state index contributed by atoms with van der Waals surface area (Å²) in [6, 6.07) is -0.553. The van der Waals surface area contributed by atoms with Crippen molar-refractivity contribution < 1.29 is 15.0 Å². The molecule has 2 atom stereocenters. The molecule has 4 heteroatoms. The largest absolute Gasteiger partial charge is 0.394 e. The van der Waals surface area contributed by atoms with E-state index >= 15 is 0 Å². The average molecular weight is 959 g/mol. The first kappa shape index (κ1) is 66.3. The minimum atomic E-state index is -0.674. The number of aliphatic hydroxyl groups is 2. The SMILES string of the molecule is CC/C=C\C/C=C\C/C=C\C/C=C\C/C=C\C/C=C\C/C=C\C/C=C\CCCCCCCCC(=O)NC(CO)C(O)CCCCCCCCCCCCCCCCCCCCCCCCCCCC. The van der Waals surface area contributed by atoms with Crippen LogP contribution in [0.5, 0.6) is 0 Å². The van der Waals surface area contributed by atoms with E-state index in [0.29, 0.717) is 12.8 Å². The zero-order chi connectivity index (χ0) is 49.9. The Morgan fingerprint density at radius 3 is 0.957 bits per heavy atom. The van der Waals surface area contributed by atoms with Crippen molar-refractivity contribution in [3.8, 4) is 0 Å². The quantitative estimate of drug-likeness (QED) is 0.0420. The lowest BCUT2D eigenvalue weighted by Gasteiger charge is -2.22. The lowest BCUT2D eigenvalue weighted by atomic mass is 10.0. The molecule has 0 bridgehead atoms. The third-order valence-corrected chi connectivity index (χ3v) is 13.4. The van der Waals surface area contributed by atoms with Gasteiger partial charge in [-0.2, -0.15) is 0 Å². The maximum atomic E-state index is 12.5. The Bertz CT molecular complexity index is 1270. The van der Waals surface area contributed by atoms with Crippen molar-refractivity contribution in [3.63, 3.8) is 0 Å². The van der Waals surface area contributed by atoms with Crippen LogP contribution in [0, 0.1) is 0 Å². The zero-order valence-corrected chi connectivity index (χ0v) is 45.8. The van der Waals surface area contributed by atoms with Gasteiger partial charge in [0.1, 0.15) is 0 Å². The van der Waals surface area contributed by atoms with Gasteiger partial charge >= 0.3 is 0 Å². The molecule has 1 amide bonds. The second kappa shape index (κ2) is 59.6. The molecule has 0 aliphatic carbocycles. The second-order valence-electron chi connectivity index (χ2n) is 20.0. The van der Waals surface area contributed by atoms with Crippen LogP contribution in [0.3, 0.4) is 0 Å². The van der Waals surface area contributed by atoms with Gasteiger partial charge in [-0.1, -0.05) is 304 Å². The van der Waals surface area contributed by atoms with Crippen LogP contribution in [-0.4, -0.2) is 34.9 Å². The Morgan fingerprint density at radius 2 is 0.638 bits per heavy atom. The van der Waals surface area contributed by atoms with Crippen LogP contribution in [0.25, 0.3) is 0 Å². The third kappa shape index (κ3) is 56.1. The molecule has 0 spiro atoms. The first-order valence-electron chi connectivity index (χ1n) is 29.9. The van der Waals surface area contributed by atoms with Gasteiger partial charge in [0.25, 0.3) is 0 Å². The fraction of sp³-hybridized carbons (Fsp3) is 0.738. The summed E-state index contributed by atoms with van der Waals surface area (Å²) in [5.74, 6) is -0.0466. The summed E-state index contributed by atoms with van der Waals surface area (Å²) in [5.41, 5.74) is 0. The Kier molecular flexibility index (Phi) is 57.3. The number of carbonyl (C=O) groups is 1. The van der Waals surface area contributed by atoms with E-state index in [1.54, 1.807) is 0 Å². The number of hydrogen-bond acceptors (Lipinski definition) is 3. The highest BCUT2D eigenvalue weighted by Gasteiger charge is 2.20. The van der Waals surface area contributed by atoms with E-state index in [4.69, 9.17) is 0 Å². The lowest BCUT2D eigenvalue weighted by molar-refractivity contribution is -0.123. The molecular weight excluding hydrogens is 843 g/mol. The topological polar surface area (TPSA) is 69.6 Å². The molecule has 0 aliphatic rings. The Hall–Kier alpha value is -2.69. The van der Waals surface area contributed by atoms with Crippen LogP contribution in [-0.2, 0) is 4.79 Å². The summed E-state index contributed by atoms with van der Waals surface area (Å²) in [6.45, 7) is 4.26. The Labute approximate surface area is 430 Å². The highest BCUT2D eigenvalue weighted by atomic mass is 16.3. The standard InChI is InChI=1S/C65H115NO3/c1-3-5-7-9-11-13-15-17-19-21-23-25-27-29-31-32-33-34-35-37-39-41-43-45-47-49-51-53-55-57-59-61-65(69)66-63(62-67)64(68)60-58-56-54-52-50-48-46-44-42-40-38-36-30-28-26-24-22-20-18-16-14-12-10-8-6-4-2/h5,7,11,13,17,19,23,25,29,31,33-34,37,39,43,45,63-64,67-68H,3-4,6,8-10,12,14-16,18,20-22,24,26-28,30,32,35-36,38,40-42,44,46-62H2,1-2H3,(H,66,69)/b7-5-,13-11-,19-17-,25-23-,31-29-,34-33-,39-37-,45-43-. The number of unbranched alkanes of at least 4 members (excludes halogenated alkanes) is 31. The summed E-state index contributed by atoms with van der Waals surface area (Å²) in [4.78, 5) is 12.5. The lowest BCUT2D eigenvalue weighted by Crippen LogP contribution is -2.45. The van der Waals surface area contributed by atoms with E-state index in [2.05, 4.69) is 116 Å². The van der Waals surface area contributed by atoms with E-state index < -0.39 is 12.1 Å². The molecule has 0 aliphatic heterocycles. The Morgan fingerprint density at radius 1 is 0.362 bits per heavy atom. The minimum Gasteiger partial charge on any atom is -0.394 e. The van der Waals surface area contributed by atoms with Gasteiger partial charge in [-0.3, -0.25) is 4.79 Å². The van der Waals surface area contributed by atoms with Crippen molar-refractivity contribution in [2.45, 2.75) is 302 Å². The van der Waals surface area contributed by atoms with Crippen LogP contribution in [0.15, 0.2) is 97.2 Å². The Balaban J connectivity index is 3.55. The number of rotatable bonds is 54. The van der Waals surface area contributed by atoms with Crippen LogP contribution in [0.1, 0.15) is 290 Å². The number of allylic oxidation sites excluding steroid dienone is 16. The monoisotopic (exact) mass is 958 g/mol. The molecule has 4 nitrogen and oxygen atoms in total. The van der Waals surface area contributed by atoms with E-state index in [1.165, 1.54) is 173 Å². The molecule has 0 saturated heterocycles. The van der Waals surface area contributed by atoms with E-state index in [1.807, 2.05) is 0 Å². The molecule has 0 aromatic rings. The summed E-state index contributed by atoms with van der Waals surface area (Å²) in [5, 5.41) is 23.4. The molecule has 0 aromatic heterocycles. The fourth-order valence-electron chi connectivity index (χ4n) is 8.85. The third-order valence-electron chi connectivity index (χ3n) is 13.4. The number of hydrogen-bond donors (Lipinski definition) is 3. The van der Waals surface area contributed by atoms with Crippen LogP contribution in [0.2, 0.25) is 0 Å². The number of nitrogens with one attached hydrogen (secondary N) is 1. The van der Waals surface area contributed by atoms with Crippen LogP contribution < -0.4 is 5.32 Å². The van der Waals surface area contributed by atoms with Gasteiger partial charge in [0.05, 0.1) is 18.8 Å². The molecule has 3 N–H and O–H groups in total. The molecule has 69 heavy (non-hydrogen) atoms. The maximum absolute atomic E-state index is 12.5. The van der Waals surface area contributed by atoms with E-state index in [0.717, 1.165) is 89.9 Å². The highest BCUT2D eigenvalue weighted by Crippen LogP contribution is 2.17. The normalized spacial score (nSPS) is 13.5. The molecule has 0 heterocycles. The maximum Gasteiger partial charge on any atom is 0.220 e. The van der Waals surface area contributed by atoms with Gasteiger partial charge in [0.15, 0.2) is 0 Å². The van der Waals surface area contributed by atoms with Crippen molar-refractivity contribution in [1.29, 1.82) is 0 Å². The van der Waals surface area contributed by atoms with Crippen molar-refractivity contribution in [2.75, 3.05) is 6.61 Å². The van der Waals surface area contributed by atoms with Crippen molar-refractivity contribution in [2.24, 2.45) is 0 Å². The predicted octanol–water partition coefficient (Wildman–Crippen LogP) is 20.1. The zero-order valence-electron chi connectivity index (χ0n) is 45.8. The summed E-state index contributed by atoms with van der Waals surface area (Å²) in [7, 11) is 0. The summed E-state index contributed by atoms with van der Waals surface area (Å²) < 4.78 is 0. The molecule has 0 radical (unpaired) electrons. The highest BCUT2D eigenvalue weighted by molar-refractivity contribution is 5.76. The van der Waals surface area contributed by atoms with Gasteiger partial charge in [-0.15, -0.1) is 0 Å². The molecule has 2 unspecified atom stereocenters. The summed E-state index contributed by atoms with van der Waals surface area (Å²) in [6.07, 6.45) is 88.3. The first-order chi connectivity index (χ1) is 34.2. The molecular formula is C65H115NO3. The molecule has 0 saturated carbocycles. The smallest absolute Gasteiger partial charge is 0.220 e. The number of carbonyl (C=O) groups excluding carboxylic acids is 1.